The average Bonchev–Trinajstić information content (AvgIpc) is 3.76. The smallest absolute Gasteiger partial charge is 0.411 e. The van der Waals surface area contributed by atoms with Gasteiger partial charge in [0.05, 0.1) is 41.9 Å². The van der Waals surface area contributed by atoms with Crippen LogP contribution in [0.15, 0.2) is 73.4 Å². The number of aromatic nitrogens is 7. The number of rotatable bonds is 8. The largest absolute Gasteiger partial charge is 0.453 e. The molecule has 0 aliphatic carbocycles. The van der Waals surface area contributed by atoms with E-state index in [9.17, 15) is 4.79 Å². The van der Waals surface area contributed by atoms with Crippen molar-refractivity contribution >= 4 is 23.4 Å². The summed E-state index contributed by atoms with van der Waals surface area (Å²) in [6.07, 6.45) is 10.1. The molecule has 1 aliphatic heterocycles. The van der Waals surface area contributed by atoms with Gasteiger partial charge < -0.3 is 9.47 Å². The second-order valence-electron chi connectivity index (χ2n) is 10.1. The molecule has 1 unspecified atom stereocenters. The molecule has 1 saturated heterocycles. The second-order valence-corrected chi connectivity index (χ2v) is 10.5. The first kappa shape index (κ1) is 28.4. The number of hydrogen-bond acceptors (Lipinski definition) is 8. The van der Waals surface area contributed by atoms with E-state index in [1.165, 1.54) is 24.2 Å². The summed E-state index contributed by atoms with van der Waals surface area (Å²) in [5.74, 6) is -0.583. The summed E-state index contributed by atoms with van der Waals surface area (Å²) in [5, 5.41) is 18.6. The Kier molecular flexibility index (Phi) is 8.38. The molecule has 0 radical (unpaired) electrons. The fourth-order valence-corrected chi connectivity index (χ4v) is 5.36. The van der Waals surface area contributed by atoms with Gasteiger partial charge in [0.2, 0.25) is 0 Å². The Morgan fingerprint density at radius 1 is 1.12 bits per heavy atom. The zero-order valence-corrected chi connectivity index (χ0v) is 24.0. The predicted molar refractivity (Wildman–Crippen MR) is 157 cm³/mol. The first-order valence-corrected chi connectivity index (χ1v) is 14.2. The number of carbonyl (C=O) groups is 1. The van der Waals surface area contributed by atoms with Gasteiger partial charge in [-0.1, -0.05) is 29.8 Å². The SMILES string of the molecule is COC(=O)Nc1ccc(-c2cnn(C(C[C@@H]3CCCCO3)c3ccc(-c4c(-n5cnnn5)ccc(Cl)c4F)cn3)c2)cc1. The van der Waals surface area contributed by atoms with Crippen LogP contribution < -0.4 is 5.32 Å². The summed E-state index contributed by atoms with van der Waals surface area (Å²) >= 11 is 6.15. The van der Waals surface area contributed by atoms with Crippen molar-refractivity contribution in [3.8, 4) is 27.9 Å². The lowest BCUT2D eigenvalue weighted by Gasteiger charge is -2.27. The minimum absolute atomic E-state index is 0.0126. The minimum Gasteiger partial charge on any atom is -0.453 e. The van der Waals surface area contributed by atoms with Gasteiger partial charge in [0, 0.05) is 47.8 Å². The van der Waals surface area contributed by atoms with Gasteiger partial charge in [0.15, 0.2) is 5.82 Å². The normalized spacial score (nSPS) is 15.7. The summed E-state index contributed by atoms with van der Waals surface area (Å²) in [6, 6.07) is 14.0. The quantitative estimate of drug-likeness (QED) is 0.226. The molecule has 2 atom stereocenters. The molecule has 6 rings (SSSR count). The van der Waals surface area contributed by atoms with Crippen LogP contribution in [0.2, 0.25) is 5.02 Å². The van der Waals surface area contributed by atoms with Gasteiger partial charge in [-0.3, -0.25) is 15.0 Å². The standard InChI is InChI=1S/C30H28ClFN8O3/c1-42-30(41)36-22-8-5-19(6-9-22)21-16-35-39(17-21)27(14-23-4-2-3-13-43-23)25-11-7-20(15-33-25)28-26(40-18-34-37-38-40)12-10-24(31)29(28)32/h5-12,15-18,23,27H,2-4,13-14H2,1H3,(H,36,41)/t23-,27?/m0/s1. The number of carbonyl (C=O) groups excluding carboxylic acids is 1. The van der Waals surface area contributed by atoms with Crippen LogP contribution in [0.4, 0.5) is 14.9 Å². The van der Waals surface area contributed by atoms with E-state index in [2.05, 4.69) is 25.6 Å². The molecule has 0 saturated carbocycles. The summed E-state index contributed by atoms with van der Waals surface area (Å²) < 4.78 is 29.4. The van der Waals surface area contributed by atoms with Crippen LogP contribution in [-0.2, 0) is 9.47 Å². The van der Waals surface area contributed by atoms with Gasteiger partial charge in [-0.05, 0) is 65.6 Å². The third-order valence-corrected chi connectivity index (χ3v) is 7.71. The lowest BCUT2D eigenvalue weighted by atomic mass is 9.98. The highest BCUT2D eigenvalue weighted by atomic mass is 35.5. The fraction of sp³-hybridized carbons (Fsp3) is 0.267. The number of halogens is 2. The van der Waals surface area contributed by atoms with Crippen molar-refractivity contribution in [2.75, 3.05) is 19.0 Å². The van der Waals surface area contributed by atoms with Gasteiger partial charge in [-0.25, -0.2) is 9.18 Å². The van der Waals surface area contributed by atoms with Crippen LogP contribution in [0.1, 0.15) is 37.4 Å². The Bertz CT molecular complexity index is 1690. The molecule has 43 heavy (non-hydrogen) atoms. The summed E-state index contributed by atoms with van der Waals surface area (Å²) in [6.45, 7) is 0.730. The first-order chi connectivity index (χ1) is 21.0. The Hall–Kier alpha value is -4.68. The third kappa shape index (κ3) is 6.25. The van der Waals surface area contributed by atoms with Crippen LogP contribution in [0.25, 0.3) is 27.9 Å². The van der Waals surface area contributed by atoms with Crippen LogP contribution >= 0.6 is 11.6 Å². The van der Waals surface area contributed by atoms with Crippen molar-refractivity contribution in [1.29, 1.82) is 0 Å². The number of ether oxygens (including phenoxy) is 2. The zero-order valence-electron chi connectivity index (χ0n) is 23.2. The molecule has 1 aliphatic rings. The van der Waals surface area contributed by atoms with E-state index in [4.69, 9.17) is 26.4 Å². The van der Waals surface area contributed by atoms with Crippen LogP contribution in [-0.4, -0.2) is 60.9 Å². The number of benzene rings is 2. The van der Waals surface area contributed by atoms with Crippen molar-refractivity contribution < 1.29 is 18.7 Å². The van der Waals surface area contributed by atoms with Gasteiger partial charge in [-0.15, -0.1) is 5.10 Å². The van der Waals surface area contributed by atoms with Gasteiger partial charge in [-0.2, -0.15) is 9.78 Å². The highest BCUT2D eigenvalue weighted by Gasteiger charge is 2.25. The molecule has 1 fully saturated rings. The number of methoxy groups -OCH3 is 1. The molecule has 0 spiro atoms. The highest BCUT2D eigenvalue weighted by molar-refractivity contribution is 6.31. The molecule has 0 bridgehead atoms. The van der Waals surface area contributed by atoms with Crippen LogP contribution in [0.5, 0.6) is 0 Å². The molecule has 1 amide bonds. The fourth-order valence-electron chi connectivity index (χ4n) is 5.21. The first-order valence-electron chi connectivity index (χ1n) is 13.8. The van der Waals surface area contributed by atoms with Crippen molar-refractivity contribution in [2.45, 2.75) is 37.8 Å². The molecule has 220 valence electrons. The lowest BCUT2D eigenvalue weighted by Crippen LogP contribution is -2.25. The van der Waals surface area contributed by atoms with Crippen molar-refractivity contribution in [2.24, 2.45) is 0 Å². The number of nitrogens with one attached hydrogen (secondary N) is 1. The number of hydrogen-bond donors (Lipinski definition) is 1. The number of anilines is 1. The minimum atomic E-state index is -0.583. The summed E-state index contributed by atoms with van der Waals surface area (Å²) in [7, 11) is 1.32. The Morgan fingerprint density at radius 3 is 2.65 bits per heavy atom. The van der Waals surface area contributed by atoms with Gasteiger partial charge in [0.25, 0.3) is 0 Å². The predicted octanol–water partition coefficient (Wildman–Crippen LogP) is 6.11. The Morgan fingerprint density at radius 2 is 1.95 bits per heavy atom. The second kappa shape index (κ2) is 12.7. The maximum atomic E-state index is 15.3. The lowest BCUT2D eigenvalue weighted by molar-refractivity contribution is 0.00434. The highest BCUT2D eigenvalue weighted by Crippen LogP contribution is 2.35. The van der Waals surface area contributed by atoms with E-state index in [-0.39, 0.29) is 22.7 Å². The molecular formula is C30H28ClFN8O3. The van der Waals surface area contributed by atoms with Gasteiger partial charge >= 0.3 is 6.09 Å². The summed E-state index contributed by atoms with van der Waals surface area (Å²) in [4.78, 5) is 16.3. The number of nitrogens with zero attached hydrogens (tertiary/aromatic N) is 7. The van der Waals surface area contributed by atoms with E-state index in [0.29, 0.717) is 23.4 Å². The molecule has 11 nitrogen and oxygen atoms in total. The van der Waals surface area contributed by atoms with Crippen LogP contribution in [0, 0.1) is 5.82 Å². The molecule has 5 aromatic rings. The summed E-state index contributed by atoms with van der Waals surface area (Å²) in [5.41, 5.74) is 4.45. The van der Waals surface area contributed by atoms with Crippen molar-refractivity contribution in [1.82, 2.24) is 35.0 Å². The van der Waals surface area contributed by atoms with E-state index in [0.717, 1.165) is 42.7 Å². The average molecular weight is 603 g/mol. The molecule has 3 aromatic heterocycles. The molecule has 1 N–H and O–H groups in total. The van der Waals surface area contributed by atoms with Crippen LogP contribution in [0.3, 0.4) is 0 Å². The number of amides is 1. The topological polar surface area (TPSA) is 122 Å². The Labute approximate surface area is 251 Å². The molecule has 4 heterocycles. The Balaban J connectivity index is 1.31. The van der Waals surface area contributed by atoms with Crippen molar-refractivity contribution in [3.05, 3.63) is 90.0 Å². The zero-order chi connectivity index (χ0) is 29.8. The van der Waals surface area contributed by atoms with Gasteiger partial charge in [0.1, 0.15) is 6.33 Å². The molecular weight excluding hydrogens is 575 g/mol. The molecule has 2 aromatic carbocycles. The number of pyridine rings is 1. The maximum Gasteiger partial charge on any atom is 0.411 e. The molecule has 13 heteroatoms. The maximum absolute atomic E-state index is 15.3. The van der Waals surface area contributed by atoms with E-state index in [1.807, 2.05) is 35.1 Å². The number of tetrazole rings is 1. The monoisotopic (exact) mass is 602 g/mol. The van der Waals surface area contributed by atoms with E-state index >= 15 is 4.39 Å². The van der Waals surface area contributed by atoms with Crippen molar-refractivity contribution in [3.63, 3.8) is 0 Å². The van der Waals surface area contributed by atoms with E-state index < -0.39 is 11.9 Å². The third-order valence-electron chi connectivity index (χ3n) is 7.42. The van der Waals surface area contributed by atoms with E-state index in [1.54, 1.807) is 30.6 Å².